The minimum Gasteiger partial charge on any atom is -0.497 e. The van der Waals surface area contributed by atoms with Crippen LogP contribution in [0.2, 0.25) is 0 Å². The molecule has 2 aromatic rings. The number of hydrazone groups is 1. The zero-order valence-corrected chi connectivity index (χ0v) is 15.1. The summed E-state index contributed by atoms with van der Waals surface area (Å²) in [6.07, 6.45) is 0. The van der Waals surface area contributed by atoms with Gasteiger partial charge in [-0.1, -0.05) is 17.7 Å². The van der Waals surface area contributed by atoms with Gasteiger partial charge in [-0.05, 0) is 38.1 Å². The van der Waals surface area contributed by atoms with Gasteiger partial charge in [0.05, 0.1) is 19.9 Å². The van der Waals surface area contributed by atoms with Crippen molar-refractivity contribution < 1.29 is 19.1 Å². The molecular weight excluding hydrogens is 334 g/mol. The summed E-state index contributed by atoms with van der Waals surface area (Å²) in [5.41, 5.74) is 5.00. The lowest BCUT2D eigenvalue weighted by Gasteiger charge is -2.10. The van der Waals surface area contributed by atoms with Crippen LogP contribution in [0.3, 0.4) is 0 Å². The Kier molecular flexibility index (Phi) is 6.32. The molecule has 0 aliphatic rings. The van der Waals surface area contributed by atoms with Gasteiger partial charge in [-0.2, -0.15) is 5.10 Å². The molecule has 0 aromatic heterocycles. The number of nitrogens with zero attached hydrogens (tertiary/aromatic N) is 1. The Hall–Kier alpha value is -3.35. The van der Waals surface area contributed by atoms with Gasteiger partial charge in [-0.25, -0.2) is 5.43 Å². The van der Waals surface area contributed by atoms with Crippen molar-refractivity contribution in [1.82, 2.24) is 5.43 Å². The highest BCUT2D eigenvalue weighted by Gasteiger charge is 2.14. The summed E-state index contributed by atoms with van der Waals surface area (Å²) in [6.45, 7) is 3.63. The Balaban J connectivity index is 2.04. The average molecular weight is 355 g/mol. The van der Waals surface area contributed by atoms with Crippen LogP contribution in [-0.2, 0) is 9.59 Å². The first-order valence-electron chi connectivity index (χ1n) is 7.89. The minimum absolute atomic E-state index is 0.487. The molecule has 0 unspecified atom stereocenters. The quantitative estimate of drug-likeness (QED) is 0.490. The number of nitrogens with one attached hydrogen (secondary N) is 2. The molecule has 0 spiro atoms. The maximum Gasteiger partial charge on any atom is 0.329 e. The van der Waals surface area contributed by atoms with Crippen LogP contribution in [0, 0.1) is 6.92 Å². The maximum absolute atomic E-state index is 11.9. The molecule has 0 atom stereocenters. The Bertz CT molecular complexity index is 829. The highest BCUT2D eigenvalue weighted by molar-refractivity contribution is 6.39. The van der Waals surface area contributed by atoms with Crippen LogP contribution < -0.4 is 20.2 Å². The first-order chi connectivity index (χ1) is 12.4. The van der Waals surface area contributed by atoms with E-state index in [1.165, 1.54) is 7.11 Å². The van der Waals surface area contributed by atoms with Crippen LogP contribution in [0.25, 0.3) is 0 Å². The van der Waals surface area contributed by atoms with Crippen LogP contribution in [0.5, 0.6) is 11.5 Å². The number of rotatable bonds is 5. The molecule has 0 saturated heterocycles. The van der Waals surface area contributed by atoms with E-state index in [0.29, 0.717) is 28.5 Å². The van der Waals surface area contributed by atoms with Crippen LogP contribution >= 0.6 is 0 Å². The highest BCUT2D eigenvalue weighted by Crippen LogP contribution is 2.25. The molecule has 2 rings (SSSR count). The van der Waals surface area contributed by atoms with E-state index < -0.39 is 11.8 Å². The number of hydrogen-bond acceptors (Lipinski definition) is 5. The first-order valence-corrected chi connectivity index (χ1v) is 7.89. The molecule has 0 aliphatic heterocycles. The van der Waals surface area contributed by atoms with Gasteiger partial charge >= 0.3 is 11.8 Å². The van der Waals surface area contributed by atoms with E-state index in [2.05, 4.69) is 15.8 Å². The van der Waals surface area contributed by atoms with E-state index in [-0.39, 0.29) is 0 Å². The molecule has 7 heteroatoms. The van der Waals surface area contributed by atoms with E-state index in [9.17, 15) is 9.59 Å². The van der Waals surface area contributed by atoms with Crippen LogP contribution in [0.1, 0.15) is 18.1 Å². The number of amides is 2. The number of carbonyl (C=O) groups is 2. The van der Waals surface area contributed by atoms with Crippen molar-refractivity contribution in [3.63, 3.8) is 0 Å². The third-order valence-corrected chi connectivity index (χ3v) is 3.64. The van der Waals surface area contributed by atoms with Crippen molar-refractivity contribution in [3.8, 4) is 11.5 Å². The molecule has 0 bridgehead atoms. The van der Waals surface area contributed by atoms with Crippen LogP contribution in [0.4, 0.5) is 5.69 Å². The second-order valence-corrected chi connectivity index (χ2v) is 5.52. The summed E-state index contributed by atoms with van der Waals surface area (Å²) in [5.74, 6) is -0.478. The normalized spacial score (nSPS) is 10.8. The van der Waals surface area contributed by atoms with Crippen molar-refractivity contribution in [1.29, 1.82) is 0 Å². The van der Waals surface area contributed by atoms with Crippen molar-refractivity contribution in [3.05, 3.63) is 53.6 Å². The highest BCUT2D eigenvalue weighted by atomic mass is 16.5. The van der Waals surface area contributed by atoms with Gasteiger partial charge in [0.2, 0.25) is 0 Å². The van der Waals surface area contributed by atoms with Gasteiger partial charge in [0.25, 0.3) is 0 Å². The number of anilines is 1. The van der Waals surface area contributed by atoms with Crippen molar-refractivity contribution in [2.45, 2.75) is 13.8 Å². The third kappa shape index (κ3) is 4.83. The summed E-state index contributed by atoms with van der Waals surface area (Å²) < 4.78 is 10.4. The summed E-state index contributed by atoms with van der Waals surface area (Å²) in [5, 5.41) is 6.48. The number of hydrogen-bond donors (Lipinski definition) is 2. The molecule has 2 N–H and O–H groups in total. The Morgan fingerprint density at radius 1 is 0.962 bits per heavy atom. The number of carbonyl (C=O) groups excluding carboxylic acids is 2. The maximum atomic E-state index is 11.9. The minimum atomic E-state index is -0.864. The van der Waals surface area contributed by atoms with Crippen molar-refractivity contribution >= 4 is 23.2 Å². The van der Waals surface area contributed by atoms with E-state index in [4.69, 9.17) is 9.47 Å². The summed E-state index contributed by atoms with van der Waals surface area (Å²) in [6, 6.07) is 12.3. The second kappa shape index (κ2) is 8.66. The SMILES string of the molecule is COc1ccc(/C(C)=N\NC(=O)C(=O)Nc2ccc(C)cc2)c(OC)c1. The fourth-order valence-electron chi connectivity index (χ4n) is 2.17. The molecule has 2 amide bonds. The summed E-state index contributed by atoms with van der Waals surface area (Å²) in [7, 11) is 3.08. The van der Waals surface area contributed by atoms with Gasteiger partial charge in [0.1, 0.15) is 11.5 Å². The number of aryl methyl sites for hydroxylation is 1. The fourth-order valence-corrected chi connectivity index (χ4v) is 2.17. The van der Waals surface area contributed by atoms with Gasteiger partial charge in [-0.15, -0.1) is 0 Å². The lowest BCUT2D eigenvalue weighted by molar-refractivity contribution is -0.136. The zero-order valence-electron chi connectivity index (χ0n) is 15.1. The zero-order chi connectivity index (χ0) is 19.1. The van der Waals surface area contributed by atoms with Crippen molar-refractivity contribution in [2.24, 2.45) is 5.10 Å². The van der Waals surface area contributed by atoms with Gasteiger partial charge < -0.3 is 14.8 Å². The lowest BCUT2D eigenvalue weighted by atomic mass is 10.1. The lowest BCUT2D eigenvalue weighted by Crippen LogP contribution is -2.32. The summed E-state index contributed by atoms with van der Waals surface area (Å²) >= 11 is 0. The van der Waals surface area contributed by atoms with E-state index >= 15 is 0 Å². The smallest absolute Gasteiger partial charge is 0.329 e. The molecule has 0 fully saturated rings. The molecule has 0 heterocycles. The van der Waals surface area contributed by atoms with Gasteiger partial charge in [0, 0.05) is 17.3 Å². The molecule has 2 aromatic carbocycles. The van der Waals surface area contributed by atoms with E-state index in [0.717, 1.165) is 5.56 Å². The molecule has 0 radical (unpaired) electrons. The standard InChI is InChI=1S/C19H21N3O4/c1-12-5-7-14(8-6-12)20-18(23)19(24)22-21-13(2)16-10-9-15(25-3)11-17(16)26-4/h5-11H,1-4H3,(H,20,23)(H,22,24)/b21-13-. The average Bonchev–Trinajstić information content (AvgIpc) is 2.66. The monoisotopic (exact) mass is 355 g/mol. The van der Waals surface area contributed by atoms with Crippen molar-refractivity contribution in [2.75, 3.05) is 19.5 Å². The van der Waals surface area contributed by atoms with Gasteiger partial charge in [0.15, 0.2) is 0 Å². The van der Waals surface area contributed by atoms with E-state index in [1.54, 1.807) is 44.4 Å². The number of benzene rings is 2. The molecule has 7 nitrogen and oxygen atoms in total. The molecular formula is C19H21N3O4. The van der Waals surface area contributed by atoms with Gasteiger partial charge in [-0.3, -0.25) is 9.59 Å². The van der Waals surface area contributed by atoms with Crippen LogP contribution in [0.15, 0.2) is 47.6 Å². The van der Waals surface area contributed by atoms with Crippen LogP contribution in [-0.4, -0.2) is 31.7 Å². The Morgan fingerprint density at radius 3 is 2.27 bits per heavy atom. The second-order valence-electron chi connectivity index (χ2n) is 5.52. The Morgan fingerprint density at radius 2 is 1.65 bits per heavy atom. The molecule has 136 valence electrons. The predicted molar refractivity (Wildman–Crippen MR) is 99.7 cm³/mol. The first kappa shape index (κ1) is 19.0. The topological polar surface area (TPSA) is 89.0 Å². The predicted octanol–water partition coefficient (Wildman–Crippen LogP) is 2.49. The molecule has 26 heavy (non-hydrogen) atoms. The third-order valence-electron chi connectivity index (χ3n) is 3.64. The number of ether oxygens (including phenoxy) is 2. The molecule has 0 saturated carbocycles. The largest absolute Gasteiger partial charge is 0.497 e. The molecule has 0 aliphatic carbocycles. The van der Waals surface area contributed by atoms with E-state index in [1.807, 2.05) is 19.1 Å². The fraction of sp³-hybridized carbons (Fsp3) is 0.211. The Labute approximate surface area is 152 Å². The summed E-state index contributed by atoms with van der Waals surface area (Å²) in [4.78, 5) is 23.8. The number of methoxy groups -OCH3 is 2.